The highest BCUT2D eigenvalue weighted by Crippen LogP contribution is 2.33. The summed E-state index contributed by atoms with van der Waals surface area (Å²) in [6.07, 6.45) is 8.25. The highest BCUT2D eigenvalue weighted by Gasteiger charge is 2.34. The van der Waals surface area contributed by atoms with Crippen LogP contribution in [-0.2, 0) is 9.59 Å². The van der Waals surface area contributed by atoms with E-state index in [1.165, 1.54) is 32.1 Å². The maximum absolute atomic E-state index is 12.1. The van der Waals surface area contributed by atoms with E-state index < -0.39 is 17.9 Å². The van der Waals surface area contributed by atoms with Crippen molar-refractivity contribution in [3.63, 3.8) is 0 Å². The fourth-order valence-corrected chi connectivity index (χ4v) is 9.56. The SMILES string of the molecule is C=C(N=C(c1ccccc1C)N(CCC(=O)O)CCC1CCCCC1)c1cccc(Br)c1.C=C(N=C(c1ccccc1C)N1CC(C(=O)O)CC(c2ccccc2)C1)c1cccc(Br)c1. The minimum Gasteiger partial charge on any atom is -0.481 e. The number of hydrogen-bond donors (Lipinski definition) is 2. The van der Waals surface area contributed by atoms with Gasteiger partial charge in [0, 0.05) is 63.3 Å². The Morgan fingerprint density at radius 1 is 0.692 bits per heavy atom. The molecule has 2 unspecified atom stereocenters. The van der Waals surface area contributed by atoms with E-state index >= 15 is 0 Å². The zero-order valence-electron chi connectivity index (χ0n) is 37.5. The minimum atomic E-state index is -0.789. The molecule has 10 heteroatoms. The number of aryl methyl sites for hydroxylation is 2. The summed E-state index contributed by atoms with van der Waals surface area (Å²) < 4.78 is 1.94. The van der Waals surface area contributed by atoms with Gasteiger partial charge in [0.1, 0.15) is 11.7 Å². The quantitative estimate of drug-likeness (QED) is 0.0848. The summed E-state index contributed by atoms with van der Waals surface area (Å²) in [5.41, 5.74) is 8.55. The Morgan fingerprint density at radius 3 is 1.83 bits per heavy atom. The number of carboxylic acid groups (broad SMARTS) is 2. The average molecular weight is 1000 g/mol. The number of aliphatic imine (C=N–C) groups is 2. The van der Waals surface area contributed by atoms with E-state index in [1.54, 1.807) is 0 Å². The van der Waals surface area contributed by atoms with E-state index in [-0.39, 0.29) is 12.3 Å². The predicted molar refractivity (Wildman–Crippen MR) is 273 cm³/mol. The molecule has 1 heterocycles. The van der Waals surface area contributed by atoms with Crippen molar-refractivity contribution in [3.05, 3.63) is 188 Å². The van der Waals surface area contributed by atoms with Crippen LogP contribution >= 0.6 is 31.9 Å². The van der Waals surface area contributed by atoms with Crippen LogP contribution in [0.25, 0.3) is 11.4 Å². The van der Waals surface area contributed by atoms with Gasteiger partial charge in [0.25, 0.3) is 0 Å². The third kappa shape index (κ3) is 14.2. The first-order chi connectivity index (χ1) is 31.4. The molecule has 5 aromatic carbocycles. The average Bonchev–Trinajstić information content (AvgIpc) is 3.31. The van der Waals surface area contributed by atoms with Gasteiger partial charge in [0.15, 0.2) is 0 Å². The molecule has 2 atom stereocenters. The van der Waals surface area contributed by atoms with Crippen LogP contribution in [0.2, 0.25) is 0 Å². The van der Waals surface area contributed by atoms with Crippen molar-refractivity contribution in [2.75, 3.05) is 26.2 Å². The summed E-state index contributed by atoms with van der Waals surface area (Å²) in [5, 5.41) is 19.3. The highest BCUT2D eigenvalue weighted by molar-refractivity contribution is 9.10. The summed E-state index contributed by atoms with van der Waals surface area (Å²) in [6.45, 7) is 15.0. The fourth-order valence-electron chi connectivity index (χ4n) is 8.76. The molecule has 0 aromatic heterocycles. The number of likely N-dealkylation sites (tertiary alicyclic amines) is 1. The van der Waals surface area contributed by atoms with E-state index in [2.05, 4.69) is 99.0 Å². The molecule has 0 spiro atoms. The molecule has 0 amide bonds. The third-order valence-corrected chi connectivity index (χ3v) is 13.4. The molecule has 2 aliphatic rings. The minimum absolute atomic E-state index is 0.0823. The van der Waals surface area contributed by atoms with Crippen molar-refractivity contribution in [2.24, 2.45) is 21.8 Å². The summed E-state index contributed by atoms with van der Waals surface area (Å²) in [5.74, 6) is 0.363. The Balaban J connectivity index is 0.000000216. The van der Waals surface area contributed by atoms with Gasteiger partial charge in [0.05, 0.1) is 23.7 Å². The van der Waals surface area contributed by atoms with Gasteiger partial charge in [-0.3, -0.25) is 9.59 Å². The van der Waals surface area contributed by atoms with E-state index in [4.69, 9.17) is 9.98 Å². The zero-order valence-corrected chi connectivity index (χ0v) is 40.7. The van der Waals surface area contributed by atoms with Gasteiger partial charge in [-0.05, 0) is 73.6 Å². The zero-order chi connectivity index (χ0) is 46.3. The molecule has 338 valence electrons. The lowest BCUT2D eigenvalue weighted by Crippen LogP contribution is -2.46. The van der Waals surface area contributed by atoms with Crippen molar-refractivity contribution >= 4 is 66.9 Å². The lowest BCUT2D eigenvalue weighted by Gasteiger charge is -2.38. The number of aliphatic carboxylic acids is 2. The lowest BCUT2D eigenvalue weighted by atomic mass is 9.84. The molecule has 0 radical (unpaired) electrons. The summed E-state index contributed by atoms with van der Waals surface area (Å²) in [7, 11) is 0. The first-order valence-electron chi connectivity index (χ1n) is 22.5. The predicted octanol–water partition coefficient (Wildman–Crippen LogP) is 13.3. The molecule has 0 bridgehead atoms. The summed E-state index contributed by atoms with van der Waals surface area (Å²) >= 11 is 7.05. The van der Waals surface area contributed by atoms with E-state index in [0.29, 0.717) is 43.4 Å². The monoisotopic (exact) mass is 998 g/mol. The topological polar surface area (TPSA) is 106 Å². The number of carboxylic acids is 2. The largest absolute Gasteiger partial charge is 0.481 e. The smallest absolute Gasteiger partial charge is 0.308 e. The van der Waals surface area contributed by atoms with Crippen molar-refractivity contribution in [1.29, 1.82) is 0 Å². The van der Waals surface area contributed by atoms with Gasteiger partial charge in [0.2, 0.25) is 0 Å². The van der Waals surface area contributed by atoms with Gasteiger partial charge in [-0.2, -0.15) is 0 Å². The molecule has 1 aliphatic heterocycles. The normalized spacial score (nSPS) is 16.8. The molecule has 2 N–H and O–H groups in total. The first-order valence-corrected chi connectivity index (χ1v) is 24.1. The van der Waals surface area contributed by atoms with Crippen LogP contribution in [0.4, 0.5) is 0 Å². The molecule has 1 saturated heterocycles. The van der Waals surface area contributed by atoms with E-state index in [9.17, 15) is 19.8 Å². The van der Waals surface area contributed by atoms with Gasteiger partial charge < -0.3 is 20.0 Å². The third-order valence-electron chi connectivity index (χ3n) is 12.4. The summed E-state index contributed by atoms with van der Waals surface area (Å²) in [6, 6.07) is 42.3. The Kier molecular flexibility index (Phi) is 18.1. The molecule has 65 heavy (non-hydrogen) atoms. The number of halogens is 2. The van der Waals surface area contributed by atoms with Crippen LogP contribution in [0.1, 0.15) is 96.2 Å². The second-order valence-corrected chi connectivity index (χ2v) is 19.0. The molecular formula is C55H60Br2N4O4. The second kappa shape index (κ2) is 24.1. The maximum atomic E-state index is 12.1. The van der Waals surface area contributed by atoms with Crippen LogP contribution in [0.5, 0.6) is 0 Å². The van der Waals surface area contributed by atoms with Crippen LogP contribution in [0.15, 0.2) is 159 Å². The van der Waals surface area contributed by atoms with Gasteiger partial charge in [-0.25, -0.2) is 9.98 Å². The molecule has 2 fully saturated rings. The number of hydrogen-bond acceptors (Lipinski definition) is 4. The highest BCUT2D eigenvalue weighted by atomic mass is 79.9. The van der Waals surface area contributed by atoms with E-state index in [0.717, 1.165) is 72.5 Å². The van der Waals surface area contributed by atoms with Crippen molar-refractivity contribution < 1.29 is 19.8 Å². The Labute approximate surface area is 401 Å². The first kappa shape index (κ1) is 48.9. The van der Waals surface area contributed by atoms with Crippen LogP contribution < -0.4 is 0 Å². The Morgan fingerprint density at radius 2 is 1.26 bits per heavy atom. The standard InChI is InChI=1S/C28H27BrN2O2.C27H33BrN2O2/c1-19-9-6-7-14-26(19)27(30-20(2)22-12-8-13-25(29)16-22)31-17-23(15-24(18-31)28(32)33)21-10-4-3-5-11-21;1-20-9-6-7-14-25(20)27(29-21(2)23-12-8-13-24(28)19-23)30(18-16-26(31)32)17-15-22-10-4-3-5-11-22/h3-14,16,23-24H,2,15,17-18H2,1H3,(H,32,33);6-9,12-14,19,22H,2-5,10-11,15-18H2,1H3,(H,31,32). The molecular weight excluding hydrogens is 940 g/mol. The van der Waals surface area contributed by atoms with Crippen molar-refractivity contribution in [1.82, 2.24) is 9.80 Å². The number of piperidine rings is 1. The molecule has 1 aliphatic carbocycles. The molecule has 7 rings (SSSR count). The Bertz CT molecular complexity index is 2500. The lowest BCUT2D eigenvalue weighted by molar-refractivity contribution is -0.143. The van der Waals surface area contributed by atoms with Crippen LogP contribution in [-0.4, -0.2) is 69.8 Å². The van der Waals surface area contributed by atoms with Gasteiger partial charge >= 0.3 is 11.9 Å². The number of carbonyl (C=O) groups is 2. The van der Waals surface area contributed by atoms with Crippen LogP contribution in [0, 0.1) is 25.7 Å². The maximum Gasteiger partial charge on any atom is 0.308 e. The number of nitrogens with zero attached hydrogens (tertiary/aromatic N) is 4. The number of amidine groups is 2. The van der Waals surface area contributed by atoms with Crippen molar-refractivity contribution in [2.45, 2.75) is 71.1 Å². The summed E-state index contributed by atoms with van der Waals surface area (Å²) in [4.78, 5) is 37.8. The van der Waals surface area contributed by atoms with Crippen LogP contribution in [0.3, 0.4) is 0 Å². The fraction of sp³-hybridized carbons (Fsp3) is 0.309. The van der Waals surface area contributed by atoms with E-state index in [1.807, 2.05) is 97.1 Å². The Hall–Kier alpha value is -5.58. The van der Waals surface area contributed by atoms with Gasteiger partial charge in [-0.1, -0.05) is 180 Å². The second-order valence-electron chi connectivity index (χ2n) is 17.1. The van der Waals surface area contributed by atoms with Crippen molar-refractivity contribution in [3.8, 4) is 0 Å². The van der Waals surface area contributed by atoms with Gasteiger partial charge in [-0.15, -0.1) is 0 Å². The molecule has 5 aromatic rings. The molecule has 1 saturated carbocycles. The molecule has 8 nitrogen and oxygen atoms in total. The number of benzene rings is 5. The number of rotatable bonds is 14.